The summed E-state index contributed by atoms with van der Waals surface area (Å²) < 4.78 is 28.0. The molecule has 1 fully saturated rings. The molecule has 1 saturated heterocycles. The van der Waals surface area contributed by atoms with E-state index in [2.05, 4.69) is 0 Å². The van der Waals surface area contributed by atoms with Crippen molar-refractivity contribution in [2.75, 3.05) is 24.7 Å². The minimum absolute atomic E-state index is 0.00986. The highest BCUT2D eigenvalue weighted by atomic mass is 35.5. The molecule has 9 nitrogen and oxygen atoms in total. The number of hydrogen-bond donors (Lipinski definition) is 0. The average Bonchev–Trinajstić information content (AvgIpc) is 2.92. The van der Waals surface area contributed by atoms with Crippen molar-refractivity contribution in [3.05, 3.63) is 38.9 Å². The van der Waals surface area contributed by atoms with Gasteiger partial charge < -0.3 is 9.64 Å². The number of amides is 1. The van der Waals surface area contributed by atoms with Crippen LogP contribution in [0, 0.1) is 10.1 Å². The van der Waals surface area contributed by atoms with Crippen molar-refractivity contribution in [3.8, 4) is 0 Å². The lowest BCUT2D eigenvalue weighted by Crippen LogP contribution is -2.43. The smallest absolute Gasteiger partial charge is 0.345 e. The SMILES string of the molecule is CCN(C(=O)COC(=O)c1cc(Cl)ccc1[N+](=O)[O-])[C@H]1CCS(=O)(=O)C1. The molecule has 2 rings (SSSR count). The lowest BCUT2D eigenvalue weighted by Gasteiger charge is -2.26. The molecule has 1 heterocycles. The number of nitrogens with zero attached hydrogens (tertiary/aromatic N) is 2. The van der Waals surface area contributed by atoms with Crippen LogP contribution in [0.1, 0.15) is 23.7 Å². The highest BCUT2D eigenvalue weighted by Crippen LogP contribution is 2.24. The molecule has 0 aromatic heterocycles. The largest absolute Gasteiger partial charge is 0.452 e. The van der Waals surface area contributed by atoms with Crippen LogP contribution in [-0.2, 0) is 19.4 Å². The molecule has 0 saturated carbocycles. The van der Waals surface area contributed by atoms with Gasteiger partial charge in [-0.05, 0) is 25.5 Å². The second-order valence-electron chi connectivity index (χ2n) is 5.73. The maximum atomic E-state index is 12.3. The summed E-state index contributed by atoms with van der Waals surface area (Å²) in [5.74, 6) is -1.73. The topological polar surface area (TPSA) is 124 Å². The van der Waals surface area contributed by atoms with E-state index in [0.717, 1.165) is 12.1 Å². The number of likely N-dealkylation sites (N-methyl/N-ethyl adjacent to an activating group) is 1. The molecule has 0 aliphatic carbocycles. The molecule has 1 aromatic rings. The number of nitro benzene ring substituents is 1. The fourth-order valence-electron chi connectivity index (χ4n) is 2.78. The maximum Gasteiger partial charge on any atom is 0.345 e. The van der Waals surface area contributed by atoms with Crippen molar-refractivity contribution in [3.63, 3.8) is 0 Å². The van der Waals surface area contributed by atoms with Gasteiger partial charge in [0.05, 0.1) is 16.4 Å². The first-order chi connectivity index (χ1) is 12.1. The van der Waals surface area contributed by atoms with Gasteiger partial charge in [0.15, 0.2) is 16.4 Å². The van der Waals surface area contributed by atoms with Gasteiger partial charge in [-0.2, -0.15) is 0 Å². The molecule has 11 heteroatoms. The van der Waals surface area contributed by atoms with Gasteiger partial charge in [-0.1, -0.05) is 11.6 Å². The molecule has 1 aliphatic rings. The van der Waals surface area contributed by atoms with Gasteiger partial charge in [-0.15, -0.1) is 0 Å². The van der Waals surface area contributed by atoms with Gasteiger partial charge in [0.1, 0.15) is 5.56 Å². The summed E-state index contributed by atoms with van der Waals surface area (Å²) in [6, 6.07) is 2.97. The molecule has 0 bridgehead atoms. The molecule has 1 aromatic carbocycles. The highest BCUT2D eigenvalue weighted by Gasteiger charge is 2.34. The average molecular weight is 405 g/mol. The van der Waals surface area contributed by atoms with Crippen LogP contribution >= 0.6 is 11.6 Å². The number of carbonyl (C=O) groups is 2. The highest BCUT2D eigenvalue weighted by molar-refractivity contribution is 7.91. The fraction of sp³-hybridized carbons (Fsp3) is 0.467. The molecular weight excluding hydrogens is 388 g/mol. The molecule has 1 atom stereocenters. The van der Waals surface area contributed by atoms with E-state index >= 15 is 0 Å². The van der Waals surface area contributed by atoms with Crippen LogP contribution in [0.2, 0.25) is 5.02 Å². The Kier molecular flexibility index (Phi) is 6.19. The molecule has 1 amide bonds. The number of sulfone groups is 1. The van der Waals surface area contributed by atoms with E-state index in [9.17, 15) is 28.1 Å². The lowest BCUT2D eigenvalue weighted by atomic mass is 10.2. The van der Waals surface area contributed by atoms with Crippen LogP contribution in [0.25, 0.3) is 0 Å². The van der Waals surface area contributed by atoms with Crippen molar-refractivity contribution in [2.45, 2.75) is 19.4 Å². The Morgan fingerprint density at radius 2 is 2.12 bits per heavy atom. The van der Waals surface area contributed by atoms with E-state index in [1.165, 1.54) is 11.0 Å². The molecule has 0 radical (unpaired) electrons. The quantitative estimate of drug-likeness (QED) is 0.399. The van der Waals surface area contributed by atoms with Crippen molar-refractivity contribution in [1.29, 1.82) is 0 Å². The first kappa shape index (κ1) is 20.1. The van der Waals surface area contributed by atoms with Crippen LogP contribution in [0.3, 0.4) is 0 Å². The summed E-state index contributed by atoms with van der Waals surface area (Å²) in [4.78, 5) is 36.0. The predicted molar refractivity (Wildman–Crippen MR) is 92.8 cm³/mol. The van der Waals surface area contributed by atoms with Crippen LogP contribution in [0.4, 0.5) is 5.69 Å². The van der Waals surface area contributed by atoms with E-state index in [4.69, 9.17) is 16.3 Å². The van der Waals surface area contributed by atoms with E-state index in [-0.39, 0.29) is 28.6 Å². The van der Waals surface area contributed by atoms with Gasteiger partial charge in [0.2, 0.25) is 0 Å². The second-order valence-corrected chi connectivity index (χ2v) is 8.40. The molecule has 1 aliphatic heterocycles. The van der Waals surface area contributed by atoms with Crippen LogP contribution in [0.5, 0.6) is 0 Å². The zero-order valence-corrected chi connectivity index (χ0v) is 15.5. The number of ether oxygens (including phenoxy) is 1. The summed E-state index contributed by atoms with van der Waals surface area (Å²) >= 11 is 5.75. The Bertz CT molecular complexity index is 840. The standard InChI is InChI=1S/C15H17ClN2O7S/c1-2-17(11-5-6-26(23,24)9-11)14(19)8-25-15(20)12-7-10(16)3-4-13(12)18(21)22/h3-4,7,11H,2,5-6,8-9H2,1H3/t11-/m0/s1. The first-order valence-corrected chi connectivity index (χ1v) is 9.95. The zero-order chi connectivity index (χ0) is 19.5. The van der Waals surface area contributed by atoms with E-state index in [1.54, 1.807) is 6.92 Å². The molecular formula is C15H17ClN2O7S. The van der Waals surface area contributed by atoms with Gasteiger partial charge >= 0.3 is 5.97 Å². The van der Waals surface area contributed by atoms with Crippen LogP contribution in [-0.4, -0.2) is 60.8 Å². The minimum Gasteiger partial charge on any atom is -0.452 e. The summed E-state index contributed by atoms with van der Waals surface area (Å²) in [6.07, 6.45) is 0.329. The first-order valence-electron chi connectivity index (χ1n) is 7.75. The van der Waals surface area contributed by atoms with Gasteiger partial charge in [-0.25, -0.2) is 13.2 Å². The summed E-state index contributed by atoms with van der Waals surface area (Å²) in [5, 5.41) is 11.1. The minimum atomic E-state index is -3.17. The molecule has 26 heavy (non-hydrogen) atoms. The Morgan fingerprint density at radius 1 is 1.42 bits per heavy atom. The summed E-state index contributed by atoms with van der Waals surface area (Å²) in [5.41, 5.74) is -0.845. The van der Waals surface area contributed by atoms with E-state index < -0.39 is 45.0 Å². The van der Waals surface area contributed by atoms with Gasteiger partial charge in [0.25, 0.3) is 11.6 Å². The summed E-state index contributed by atoms with van der Waals surface area (Å²) in [7, 11) is -3.17. The van der Waals surface area contributed by atoms with Crippen LogP contribution < -0.4 is 0 Å². The number of carbonyl (C=O) groups excluding carboxylic acids is 2. The summed E-state index contributed by atoms with van der Waals surface area (Å²) in [6.45, 7) is 1.30. The number of halogens is 1. The van der Waals surface area contributed by atoms with E-state index in [1.807, 2.05) is 0 Å². The Hall–Kier alpha value is -2.20. The number of benzene rings is 1. The fourth-order valence-corrected chi connectivity index (χ4v) is 4.68. The Labute approximate surface area is 154 Å². The third kappa shape index (κ3) is 4.70. The number of nitro groups is 1. The molecule has 0 unspecified atom stereocenters. The van der Waals surface area contributed by atoms with Crippen molar-refractivity contribution in [1.82, 2.24) is 4.90 Å². The molecule has 142 valence electrons. The molecule has 0 spiro atoms. The second kappa shape index (κ2) is 8.00. The Balaban J connectivity index is 2.06. The number of esters is 1. The van der Waals surface area contributed by atoms with Gasteiger partial charge in [0, 0.05) is 23.7 Å². The third-order valence-electron chi connectivity index (χ3n) is 4.01. The van der Waals surface area contributed by atoms with Crippen molar-refractivity contribution < 1.29 is 27.7 Å². The van der Waals surface area contributed by atoms with Crippen molar-refractivity contribution in [2.24, 2.45) is 0 Å². The Morgan fingerprint density at radius 3 is 2.65 bits per heavy atom. The maximum absolute atomic E-state index is 12.3. The van der Waals surface area contributed by atoms with Gasteiger partial charge in [-0.3, -0.25) is 14.9 Å². The van der Waals surface area contributed by atoms with E-state index in [0.29, 0.717) is 6.42 Å². The normalized spacial score (nSPS) is 18.3. The van der Waals surface area contributed by atoms with Crippen molar-refractivity contribution >= 4 is 39.0 Å². The lowest BCUT2D eigenvalue weighted by molar-refractivity contribution is -0.385. The van der Waals surface area contributed by atoms with Crippen LogP contribution in [0.15, 0.2) is 18.2 Å². The monoisotopic (exact) mass is 404 g/mol. The number of rotatable bonds is 6. The molecule has 0 N–H and O–H groups in total. The zero-order valence-electron chi connectivity index (χ0n) is 13.9. The predicted octanol–water partition coefficient (Wildman–Crippen LogP) is 1.44. The third-order valence-corrected chi connectivity index (χ3v) is 6.00. The number of hydrogen-bond acceptors (Lipinski definition) is 7.